The van der Waals surface area contributed by atoms with E-state index in [0.717, 1.165) is 18.2 Å². The molecule has 0 atom stereocenters. The number of hydrogen-bond acceptors (Lipinski definition) is 4. The van der Waals surface area contributed by atoms with Crippen LogP contribution in [0.25, 0.3) is 5.69 Å². The summed E-state index contributed by atoms with van der Waals surface area (Å²) in [5.41, 5.74) is -0.341. The highest BCUT2D eigenvalue weighted by molar-refractivity contribution is 7.92. The van der Waals surface area contributed by atoms with Crippen LogP contribution in [-0.2, 0) is 10.0 Å². The number of aryl methyl sites for hydroxylation is 1. The SMILES string of the molecule is Cc1nccn1-c1ccc(NS(=O)(=O)c2ccc(Cl)cc2C(=O)O)cc1F. The fourth-order valence-corrected chi connectivity index (χ4v) is 3.91. The summed E-state index contributed by atoms with van der Waals surface area (Å²) in [6.07, 6.45) is 3.09. The number of carbonyl (C=O) groups is 1. The van der Waals surface area contributed by atoms with Crippen LogP contribution >= 0.6 is 11.6 Å². The lowest BCUT2D eigenvalue weighted by atomic mass is 10.2. The Morgan fingerprint density at radius 3 is 2.59 bits per heavy atom. The molecule has 0 aliphatic rings. The number of sulfonamides is 1. The first-order valence-corrected chi connectivity index (χ1v) is 9.41. The van der Waals surface area contributed by atoms with E-state index in [2.05, 4.69) is 9.71 Å². The Labute approximate surface area is 159 Å². The van der Waals surface area contributed by atoms with Crippen LogP contribution in [-0.4, -0.2) is 29.0 Å². The molecule has 3 aromatic rings. The number of hydrogen-bond donors (Lipinski definition) is 2. The van der Waals surface area contributed by atoms with Crippen LogP contribution in [0.15, 0.2) is 53.7 Å². The number of carboxylic acids is 1. The minimum absolute atomic E-state index is 0.0553. The lowest BCUT2D eigenvalue weighted by Crippen LogP contribution is -2.17. The van der Waals surface area contributed by atoms with E-state index in [9.17, 15) is 22.7 Å². The summed E-state index contributed by atoms with van der Waals surface area (Å²) in [6, 6.07) is 7.13. The standard InChI is InChI=1S/C17H13ClFN3O4S/c1-10-20-6-7-22(10)15-4-3-12(9-14(15)19)21-27(25,26)16-5-2-11(18)8-13(16)17(23)24/h2-9,21H,1H3,(H,23,24). The first kappa shape index (κ1) is 18.9. The zero-order chi connectivity index (χ0) is 19.8. The zero-order valence-electron chi connectivity index (χ0n) is 13.8. The van der Waals surface area contributed by atoms with Gasteiger partial charge in [0.1, 0.15) is 16.5 Å². The molecule has 140 valence electrons. The van der Waals surface area contributed by atoms with Gasteiger partial charge in [-0.3, -0.25) is 4.72 Å². The second-order valence-corrected chi connectivity index (χ2v) is 7.65. The van der Waals surface area contributed by atoms with Gasteiger partial charge in [-0.05, 0) is 37.3 Å². The van der Waals surface area contributed by atoms with Gasteiger partial charge in [0.05, 0.1) is 16.9 Å². The van der Waals surface area contributed by atoms with Gasteiger partial charge in [-0.2, -0.15) is 0 Å². The fraction of sp³-hybridized carbons (Fsp3) is 0.0588. The van der Waals surface area contributed by atoms with Gasteiger partial charge in [-0.25, -0.2) is 22.6 Å². The number of carboxylic acid groups (broad SMARTS) is 1. The first-order chi connectivity index (χ1) is 12.7. The fourth-order valence-electron chi connectivity index (χ4n) is 2.51. The average molecular weight is 410 g/mol. The maximum absolute atomic E-state index is 14.4. The van der Waals surface area contributed by atoms with E-state index in [1.165, 1.54) is 29.0 Å². The minimum atomic E-state index is -4.27. The molecule has 10 heteroatoms. The van der Waals surface area contributed by atoms with E-state index in [4.69, 9.17) is 11.6 Å². The number of aromatic nitrogens is 2. The summed E-state index contributed by atoms with van der Waals surface area (Å²) < 4.78 is 43.2. The molecule has 0 bridgehead atoms. The largest absolute Gasteiger partial charge is 0.478 e. The molecule has 1 aromatic heterocycles. The smallest absolute Gasteiger partial charge is 0.337 e. The van der Waals surface area contributed by atoms with E-state index in [1.54, 1.807) is 13.1 Å². The maximum Gasteiger partial charge on any atom is 0.337 e. The molecule has 0 unspecified atom stereocenters. The molecule has 0 amide bonds. The van der Waals surface area contributed by atoms with Crippen molar-refractivity contribution in [3.63, 3.8) is 0 Å². The average Bonchev–Trinajstić information content (AvgIpc) is 3.00. The Kier molecular flexibility index (Phi) is 4.90. The molecule has 27 heavy (non-hydrogen) atoms. The predicted molar refractivity (Wildman–Crippen MR) is 97.5 cm³/mol. The van der Waals surface area contributed by atoms with E-state index >= 15 is 0 Å². The molecule has 0 aliphatic carbocycles. The van der Waals surface area contributed by atoms with Crippen molar-refractivity contribution in [3.8, 4) is 5.69 Å². The number of nitrogens with one attached hydrogen (secondary N) is 1. The lowest BCUT2D eigenvalue weighted by molar-refractivity contribution is 0.0692. The summed E-state index contributed by atoms with van der Waals surface area (Å²) in [7, 11) is -4.27. The number of benzene rings is 2. The summed E-state index contributed by atoms with van der Waals surface area (Å²) in [6.45, 7) is 1.70. The van der Waals surface area contributed by atoms with Gasteiger partial charge in [-0.1, -0.05) is 11.6 Å². The monoisotopic (exact) mass is 409 g/mol. The van der Waals surface area contributed by atoms with Crippen LogP contribution in [0.3, 0.4) is 0 Å². The molecule has 0 radical (unpaired) electrons. The van der Waals surface area contributed by atoms with Crippen LogP contribution in [0.4, 0.5) is 10.1 Å². The molecule has 3 rings (SSSR count). The van der Waals surface area contributed by atoms with E-state index < -0.39 is 32.3 Å². The van der Waals surface area contributed by atoms with Crippen molar-refractivity contribution in [2.24, 2.45) is 0 Å². The van der Waals surface area contributed by atoms with Crippen LogP contribution < -0.4 is 4.72 Å². The topological polar surface area (TPSA) is 101 Å². The van der Waals surface area contributed by atoms with Crippen molar-refractivity contribution in [1.29, 1.82) is 0 Å². The van der Waals surface area contributed by atoms with Crippen LogP contribution in [0.5, 0.6) is 0 Å². The third-order valence-electron chi connectivity index (χ3n) is 3.75. The third kappa shape index (κ3) is 3.79. The van der Waals surface area contributed by atoms with Crippen molar-refractivity contribution >= 4 is 33.3 Å². The number of imidazole rings is 1. The Morgan fingerprint density at radius 2 is 2.00 bits per heavy atom. The Balaban J connectivity index is 1.97. The number of rotatable bonds is 5. The van der Waals surface area contributed by atoms with E-state index in [0.29, 0.717) is 5.82 Å². The molecule has 2 N–H and O–H groups in total. The Morgan fingerprint density at radius 1 is 1.26 bits per heavy atom. The van der Waals surface area contributed by atoms with Gasteiger partial charge in [0.2, 0.25) is 0 Å². The molecule has 1 heterocycles. The quantitative estimate of drug-likeness (QED) is 0.671. The number of aromatic carboxylic acids is 1. The van der Waals surface area contributed by atoms with Gasteiger partial charge < -0.3 is 9.67 Å². The van der Waals surface area contributed by atoms with Gasteiger partial charge in [-0.15, -0.1) is 0 Å². The van der Waals surface area contributed by atoms with Gasteiger partial charge in [0, 0.05) is 23.5 Å². The van der Waals surface area contributed by atoms with Crippen molar-refractivity contribution in [2.45, 2.75) is 11.8 Å². The molecule has 0 saturated heterocycles. The highest BCUT2D eigenvalue weighted by atomic mass is 35.5. The second kappa shape index (κ2) is 7.01. The van der Waals surface area contributed by atoms with Crippen molar-refractivity contribution in [2.75, 3.05) is 4.72 Å². The summed E-state index contributed by atoms with van der Waals surface area (Å²) in [4.78, 5) is 14.8. The molecule has 0 spiro atoms. The molecule has 2 aromatic carbocycles. The van der Waals surface area contributed by atoms with Crippen molar-refractivity contribution < 1.29 is 22.7 Å². The molecule has 7 nitrogen and oxygen atoms in total. The van der Waals surface area contributed by atoms with Crippen LogP contribution in [0, 0.1) is 12.7 Å². The highest BCUT2D eigenvalue weighted by Crippen LogP contribution is 2.25. The molecule has 0 aliphatic heterocycles. The predicted octanol–water partition coefficient (Wildman–Crippen LogP) is 3.47. The van der Waals surface area contributed by atoms with Crippen LogP contribution in [0.2, 0.25) is 5.02 Å². The normalized spacial score (nSPS) is 11.4. The second-order valence-electron chi connectivity index (χ2n) is 5.56. The van der Waals surface area contributed by atoms with Crippen molar-refractivity contribution in [1.82, 2.24) is 9.55 Å². The minimum Gasteiger partial charge on any atom is -0.478 e. The first-order valence-electron chi connectivity index (χ1n) is 7.54. The molecular weight excluding hydrogens is 397 g/mol. The number of nitrogens with zero attached hydrogens (tertiary/aromatic N) is 2. The number of anilines is 1. The molecule has 0 saturated carbocycles. The van der Waals surface area contributed by atoms with Gasteiger partial charge >= 0.3 is 5.97 Å². The van der Waals surface area contributed by atoms with Crippen LogP contribution in [0.1, 0.15) is 16.2 Å². The summed E-state index contributed by atoms with van der Waals surface area (Å²) >= 11 is 5.74. The van der Waals surface area contributed by atoms with E-state index in [-0.39, 0.29) is 16.4 Å². The van der Waals surface area contributed by atoms with Crippen molar-refractivity contribution in [3.05, 3.63) is 71.0 Å². The Hall–Kier alpha value is -2.91. The summed E-state index contributed by atoms with van der Waals surface area (Å²) in [5, 5.41) is 9.29. The number of halogens is 2. The summed E-state index contributed by atoms with van der Waals surface area (Å²) in [5.74, 6) is -1.56. The third-order valence-corrected chi connectivity index (χ3v) is 5.42. The lowest BCUT2D eigenvalue weighted by Gasteiger charge is -2.12. The maximum atomic E-state index is 14.4. The highest BCUT2D eigenvalue weighted by Gasteiger charge is 2.23. The molecular formula is C17H13ClFN3O4S. The van der Waals surface area contributed by atoms with E-state index in [1.807, 2.05) is 0 Å². The van der Waals surface area contributed by atoms with Gasteiger partial charge in [0.25, 0.3) is 10.0 Å². The molecule has 0 fully saturated rings. The zero-order valence-corrected chi connectivity index (χ0v) is 15.4. The van der Waals surface area contributed by atoms with Gasteiger partial charge in [0.15, 0.2) is 0 Å². The Bertz CT molecular complexity index is 1140.